The first kappa shape index (κ1) is 14.6. The van der Waals surface area contributed by atoms with E-state index < -0.39 is 10.0 Å². The van der Waals surface area contributed by atoms with Gasteiger partial charge in [-0.15, -0.1) is 0 Å². The number of hydrogen-bond acceptors (Lipinski definition) is 3. The number of benzene rings is 1. The number of sulfonamides is 1. The highest BCUT2D eigenvalue weighted by atomic mass is 35.5. The highest BCUT2D eigenvalue weighted by Crippen LogP contribution is 2.29. The number of hydrogen-bond donors (Lipinski definition) is 1. The zero-order chi connectivity index (χ0) is 14.0. The van der Waals surface area contributed by atoms with Gasteiger partial charge in [0.2, 0.25) is 10.0 Å². The van der Waals surface area contributed by atoms with Crippen LogP contribution in [0.5, 0.6) is 0 Å². The molecule has 0 aliphatic heterocycles. The lowest BCUT2D eigenvalue weighted by Crippen LogP contribution is -2.31. The van der Waals surface area contributed by atoms with Gasteiger partial charge in [-0.05, 0) is 37.0 Å². The van der Waals surface area contributed by atoms with Crippen molar-refractivity contribution in [3.05, 3.63) is 23.2 Å². The first-order valence-electron chi connectivity index (χ1n) is 6.42. The number of nitrogens with zero attached hydrogens (tertiary/aromatic N) is 1. The Kier molecular flexibility index (Phi) is 4.38. The predicted octanol–water partition coefficient (Wildman–Crippen LogP) is 2.73. The van der Waals surface area contributed by atoms with Gasteiger partial charge in [0.05, 0.1) is 5.02 Å². The predicted molar refractivity (Wildman–Crippen MR) is 77.6 cm³/mol. The summed E-state index contributed by atoms with van der Waals surface area (Å²) in [5.41, 5.74) is 6.05. The second kappa shape index (κ2) is 5.69. The van der Waals surface area contributed by atoms with Gasteiger partial charge in [-0.1, -0.05) is 24.4 Å². The molecule has 4 nitrogen and oxygen atoms in total. The molecule has 19 heavy (non-hydrogen) atoms. The fraction of sp³-hybridized carbons (Fsp3) is 0.538. The van der Waals surface area contributed by atoms with Crippen LogP contribution >= 0.6 is 11.6 Å². The largest absolute Gasteiger partial charge is 0.399 e. The van der Waals surface area contributed by atoms with E-state index in [2.05, 4.69) is 0 Å². The smallest absolute Gasteiger partial charge is 0.244 e. The first-order chi connectivity index (χ1) is 8.91. The van der Waals surface area contributed by atoms with Gasteiger partial charge in [-0.25, -0.2) is 12.7 Å². The lowest BCUT2D eigenvalue weighted by atomic mass is 10.1. The van der Waals surface area contributed by atoms with Gasteiger partial charge in [0.25, 0.3) is 0 Å². The molecule has 0 radical (unpaired) electrons. The maximum atomic E-state index is 12.5. The molecule has 1 aliphatic rings. The molecule has 2 rings (SSSR count). The zero-order valence-corrected chi connectivity index (χ0v) is 12.5. The minimum absolute atomic E-state index is 0.0923. The maximum Gasteiger partial charge on any atom is 0.244 e. The maximum absolute atomic E-state index is 12.5. The molecular weight excluding hydrogens is 284 g/mol. The van der Waals surface area contributed by atoms with Gasteiger partial charge >= 0.3 is 0 Å². The summed E-state index contributed by atoms with van der Waals surface area (Å²) in [5.74, 6) is 0.458. The Balaban J connectivity index is 2.22. The van der Waals surface area contributed by atoms with Gasteiger partial charge in [-0.3, -0.25) is 0 Å². The summed E-state index contributed by atoms with van der Waals surface area (Å²) in [6.45, 7) is 0.549. The van der Waals surface area contributed by atoms with Crippen LogP contribution in [0.3, 0.4) is 0 Å². The molecule has 1 fully saturated rings. The van der Waals surface area contributed by atoms with Crippen molar-refractivity contribution in [3.8, 4) is 0 Å². The molecule has 1 aromatic rings. The molecule has 0 unspecified atom stereocenters. The lowest BCUT2D eigenvalue weighted by Gasteiger charge is -2.21. The van der Waals surface area contributed by atoms with Crippen LogP contribution in [0.4, 0.5) is 5.69 Å². The average molecular weight is 303 g/mol. The summed E-state index contributed by atoms with van der Waals surface area (Å²) < 4.78 is 26.4. The number of rotatable bonds is 4. The van der Waals surface area contributed by atoms with Gasteiger partial charge in [-0.2, -0.15) is 0 Å². The molecule has 106 valence electrons. The van der Waals surface area contributed by atoms with E-state index in [1.165, 1.54) is 29.3 Å². The van der Waals surface area contributed by atoms with Crippen LogP contribution in [-0.4, -0.2) is 26.3 Å². The number of anilines is 1. The highest BCUT2D eigenvalue weighted by Gasteiger charge is 2.27. The molecule has 0 heterocycles. The Morgan fingerprint density at radius 3 is 2.63 bits per heavy atom. The van der Waals surface area contributed by atoms with Gasteiger partial charge in [0.15, 0.2) is 0 Å². The van der Waals surface area contributed by atoms with Crippen molar-refractivity contribution in [1.29, 1.82) is 0 Å². The van der Waals surface area contributed by atoms with Crippen molar-refractivity contribution < 1.29 is 8.42 Å². The molecule has 0 atom stereocenters. The Labute approximate surface area is 119 Å². The van der Waals surface area contributed by atoms with Crippen LogP contribution in [-0.2, 0) is 10.0 Å². The van der Waals surface area contributed by atoms with E-state index in [1.807, 2.05) is 0 Å². The first-order valence-corrected chi connectivity index (χ1v) is 8.24. The lowest BCUT2D eigenvalue weighted by molar-refractivity contribution is 0.387. The molecule has 6 heteroatoms. The van der Waals surface area contributed by atoms with Gasteiger partial charge in [0.1, 0.15) is 4.90 Å². The van der Waals surface area contributed by atoms with Crippen LogP contribution < -0.4 is 5.73 Å². The average Bonchev–Trinajstić information content (AvgIpc) is 2.85. The second-order valence-corrected chi connectivity index (χ2v) is 7.55. The van der Waals surface area contributed by atoms with Crippen LogP contribution in [0.15, 0.2) is 23.1 Å². The minimum Gasteiger partial charge on any atom is -0.399 e. The summed E-state index contributed by atoms with van der Waals surface area (Å²) in [5, 5.41) is 0.215. The molecule has 0 bridgehead atoms. The summed E-state index contributed by atoms with van der Waals surface area (Å²) in [6, 6.07) is 4.54. The monoisotopic (exact) mass is 302 g/mol. The topological polar surface area (TPSA) is 63.4 Å². The molecule has 0 saturated heterocycles. The third kappa shape index (κ3) is 3.22. The Hall–Kier alpha value is -0.780. The van der Waals surface area contributed by atoms with E-state index in [-0.39, 0.29) is 9.92 Å². The highest BCUT2D eigenvalue weighted by molar-refractivity contribution is 7.89. The summed E-state index contributed by atoms with van der Waals surface area (Å²) in [4.78, 5) is 0.0923. The Bertz CT molecular complexity index is 554. The van der Waals surface area contributed by atoms with E-state index >= 15 is 0 Å². The van der Waals surface area contributed by atoms with Crippen LogP contribution in [0.2, 0.25) is 5.02 Å². The normalized spacial score (nSPS) is 17.2. The van der Waals surface area contributed by atoms with E-state index in [0.717, 1.165) is 12.8 Å². The quantitative estimate of drug-likeness (QED) is 0.870. The van der Waals surface area contributed by atoms with Crippen molar-refractivity contribution in [3.63, 3.8) is 0 Å². The molecule has 1 aliphatic carbocycles. The second-order valence-electron chi connectivity index (χ2n) is 5.13. The van der Waals surface area contributed by atoms with Crippen LogP contribution in [0.25, 0.3) is 0 Å². The molecule has 0 spiro atoms. The molecule has 1 aromatic carbocycles. The number of nitrogens with two attached hydrogens (primary N) is 1. The van der Waals surface area contributed by atoms with Crippen molar-refractivity contribution in [1.82, 2.24) is 4.31 Å². The third-order valence-corrected chi connectivity index (χ3v) is 5.94. The zero-order valence-electron chi connectivity index (χ0n) is 11.0. The van der Waals surface area contributed by atoms with Gasteiger partial charge < -0.3 is 5.73 Å². The number of halogens is 1. The summed E-state index contributed by atoms with van der Waals surface area (Å²) in [6.07, 6.45) is 4.59. The van der Waals surface area contributed by atoms with Crippen molar-refractivity contribution in [2.45, 2.75) is 30.6 Å². The van der Waals surface area contributed by atoms with Gasteiger partial charge in [0, 0.05) is 19.3 Å². The van der Waals surface area contributed by atoms with E-state index in [9.17, 15) is 8.42 Å². The SMILES string of the molecule is CN(CC1CCCC1)S(=O)(=O)c1cc(N)ccc1Cl. The number of nitrogen functional groups attached to an aromatic ring is 1. The third-order valence-electron chi connectivity index (χ3n) is 3.63. The van der Waals surface area contributed by atoms with E-state index in [4.69, 9.17) is 17.3 Å². The van der Waals surface area contributed by atoms with Crippen molar-refractivity contribution in [2.75, 3.05) is 19.3 Å². The molecular formula is C13H19ClN2O2S. The van der Waals surface area contributed by atoms with E-state index in [1.54, 1.807) is 13.1 Å². The molecule has 1 saturated carbocycles. The van der Waals surface area contributed by atoms with E-state index in [0.29, 0.717) is 18.2 Å². The van der Waals surface area contributed by atoms with Crippen molar-refractivity contribution in [2.24, 2.45) is 5.92 Å². The van der Waals surface area contributed by atoms with Crippen LogP contribution in [0, 0.1) is 5.92 Å². The van der Waals surface area contributed by atoms with Crippen molar-refractivity contribution >= 4 is 27.3 Å². The molecule has 0 amide bonds. The Morgan fingerprint density at radius 1 is 1.37 bits per heavy atom. The Morgan fingerprint density at radius 2 is 2.00 bits per heavy atom. The molecule has 0 aromatic heterocycles. The standard InChI is InChI=1S/C13H19ClN2O2S/c1-16(9-10-4-2-3-5-10)19(17,18)13-8-11(15)6-7-12(13)14/h6-8,10H,2-5,9,15H2,1H3. The summed E-state index contributed by atoms with van der Waals surface area (Å²) in [7, 11) is -1.95. The fourth-order valence-corrected chi connectivity index (χ4v) is 4.29. The summed E-state index contributed by atoms with van der Waals surface area (Å²) >= 11 is 5.98. The van der Waals surface area contributed by atoms with Crippen LogP contribution in [0.1, 0.15) is 25.7 Å². The fourth-order valence-electron chi connectivity index (χ4n) is 2.54. The molecule has 2 N–H and O–H groups in total. The minimum atomic E-state index is -3.56.